The molecule has 1 saturated carbocycles. The Kier molecular flexibility index (Phi) is 4.88. The second-order valence-corrected chi connectivity index (χ2v) is 7.34. The van der Waals surface area contributed by atoms with Crippen LogP contribution in [0.25, 0.3) is 0 Å². The number of nitrogens with one attached hydrogen (secondary N) is 3. The van der Waals surface area contributed by atoms with Crippen LogP contribution in [0, 0.1) is 0 Å². The molecule has 3 N–H and O–H groups in total. The quantitative estimate of drug-likeness (QED) is 0.777. The van der Waals surface area contributed by atoms with E-state index < -0.39 is 0 Å². The molecule has 2 fully saturated rings. The molecule has 0 bridgehead atoms. The number of amides is 1. The Morgan fingerprint density at radius 1 is 1.16 bits per heavy atom. The monoisotopic (exact) mass is 341 g/mol. The van der Waals surface area contributed by atoms with Crippen molar-refractivity contribution < 1.29 is 4.79 Å². The standard InChI is InChI=1S/C19H27N5O/c25-18(20-14-5-2-1-3-6-14)13-24-11-9-15(10-12-24)21-19-22-16-7-4-8-17(16)23-19/h1-3,5-6,15-17H,4,7-13H2,(H,20,25)(H2,21,22,23). The van der Waals surface area contributed by atoms with Gasteiger partial charge in [-0.1, -0.05) is 18.2 Å². The Hall–Kier alpha value is -2.08. The maximum atomic E-state index is 12.2. The molecule has 2 aliphatic heterocycles. The van der Waals surface area contributed by atoms with Crippen LogP contribution < -0.4 is 16.0 Å². The normalized spacial score (nSPS) is 26.6. The lowest BCUT2D eigenvalue weighted by Crippen LogP contribution is -2.49. The Morgan fingerprint density at radius 2 is 1.96 bits per heavy atom. The minimum atomic E-state index is 0.0623. The minimum Gasteiger partial charge on any atom is -0.354 e. The Labute approximate surface area is 149 Å². The van der Waals surface area contributed by atoms with Crippen molar-refractivity contribution in [3.8, 4) is 0 Å². The first-order valence-corrected chi connectivity index (χ1v) is 9.44. The van der Waals surface area contributed by atoms with Gasteiger partial charge in [-0.05, 0) is 44.2 Å². The summed E-state index contributed by atoms with van der Waals surface area (Å²) in [4.78, 5) is 19.2. The molecule has 1 aromatic carbocycles. The highest BCUT2D eigenvalue weighted by molar-refractivity contribution is 5.92. The number of rotatable bonds is 4. The zero-order chi connectivity index (χ0) is 17.1. The second kappa shape index (κ2) is 7.44. The first-order valence-electron chi connectivity index (χ1n) is 9.44. The molecule has 6 heteroatoms. The molecule has 0 aromatic heterocycles. The van der Waals surface area contributed by atoms with E-state index in [0.717, 1.165) is 37.6 Å². The number of nitrogens with zero attached hydrogens (tertiary/aromatic N) is 2. The van der Waals surface area contributed by atoms with Gasteiger partial charge in [-0.25, -0.2) is 4.99 Å². The zero-order valence-electron chi connectivity index (χ0n) is 14.6. The van der Waals surface area contributed by atoms with E-state index >= 15 is 0 Å². The summed E-state index contributed by atoms with van der Waals surface area (Å²) in [5.41, 5.74) is 0.861. The van der Waals surface area contributed by atoms with E-state index in [1.165, 1.54) is 19.3 Å². The van der Waals surface area contributed by atoms with Gasteiger partial charge in [0.05, 0.1) is 18.6 Å². The lowest BCUT2D eigenvalue weighted by atomic mass is 10.1. The van der Waals surface area contributed by atoms with Crippen molar-refractivity contribution in [1.29, 1.82) is 0 Å². The number of carbonyl (C=O) groups excluding carboxylic acids is 1. The van der Waals surface area contributed by atoms with Crippen molar-refractivity contribution >= 4 is 17.6 Å². The number of fused-ring (bicyclic) bond motifs is 1. The van der Waals surface area contributed by atoms with E-state index in [9.17, 15) is 4.79 Å². The number of hydrogen-bond acceptors (Lipinski definition) is 5. The van der Waals surface area contributed by atoms with Gasteiger partial charge < -0.3 is 16.0 Å². The number of carbonyl (C=O) groups is 1. The predicted molar refractivity (Wildman–Crippen MR) is 99.7 cm³/mol. The molecule has 1 amide bonds. The maximum absolute atomic E-state index is 12.2. The van der Waals surface area contributed by atoms with Gasteiger partial charge in [-0.2, -0.15) is 0 Å². The average Bonchev–Trinajstić information content (AvgIpc) is 3.19. The summed E-state index contributed by atoms with van der Waals surface area (Å²) in [6.07, 6.45) is 5.86. The van der Waals surface area contributed by atoms with Gasteiger partial charge in [0.25, 0.3) is 0 Å². The summed E-state index contributed by atoms with van der Waals surface area (Å²) in [6, 6.07) is 11.1. The lowest BCUT2D eigenvalue weighted by molar-refractivity contribution is -0.117. The number of para-hydroxylation sites is 1. The summed E-state index contributed by atoms with van der Waals surface area (Å²) in [5.74, 6) is 1.06. The molecule has 2 unspecified atom stereocenters. The second-order valence-electron chi connectivity index (χ2n) is 7.34. The molecule has 1 aromatic rings. The topological polar surface area (TPSA) is 68.8 Å². The lowest BCUT2D eigenvalue weighted by Gasteiger charge is -2.32. The Morgan fingerprint density at radius 3 is 2.72 bits per heavy atom. The van der Waals surface area contributed by atoms with E-state index in [4.69, 9.17) is 4.99 Å². The van der Waals surface area contributed by atoms with Gasteiger partial charge in [0, 0.05) is 24.8 Å². The molecular weight excluding hydrogens is 314 g/mol. The molecule has 2 heterocycles. The number of piperidine rings is 1. The van der Waals surface area contributed by atoms with Gasteiger partial charge in [0.15, 0.2) is 5.96 Å². The zero-order valence-corrected chi connectivity index (χ0v) is 14.6. The van der Waals surface area contributed by atoms with Gasteiger partial charge in [0.2, 0.25) is 5.91 Å². The third kappa shape index (κ3) is 4.12. The number of likely N-dealkylation sites (tertiary alicyclic amines) is 1. The van der Waals surface area contributed by atoms with E-state index in [1.54, 1.807) is 0 Å². The Balaban J connectivity index is 1.19. The molecule has 0 spiro atoms. The molecule has 25 heavy (non-hydrogen) atoms. The van der Waals surface area contributed by atoms with E-state index in [-0.39, 0.29) is 5.91 Å². The van der Waals surface area contributed by atoms with Crippen molar-refractivity contribution in [2.45, 2.75) is 50.2 Å². The van der Waals surface area contributed by atoms with Crippen LogP contribution in [0.5, 0.6) is 0 Å². The van der Waals surface area contributed by atoms with Crippen LogP contribution in [0.1, 0.15) is 32.1 Å². The molecule has 4 rings (SSSR count). The van der Waals surface area contributed by atoms with E-state index in [2.05, 4.69) is 20.9 Å². The molecule has 3 aliphatic rings. The van der Waals surface area contributed by atoms with Gasteiger partial charge >= 0.3 is 0 Å². The molecule has 134 valence electrons. The van der Waals surface area contributed by atoms with Crippen LogP contribution in [-0.4, -0.2) is 54.5 Å². The summed E-state index contributed by atoms with van der Waals surface area (Å²) >= 11 is 0. The SMILES string of the molecule is O=C(CN1CCC(NC2=NC3CCCC3N2)CC1)Nc1ccccc1. The van der Waals surface area contributed by atoms with Crippen LogP contribution in [0.4, 0.5) is 5.69 Å². The minimum absolute atomic E-state index is 0.0623. The number of benzene rings is 1. The van der Waals surface area contributed by atoms with Crippen molar-refractivity contribution in [2.24, 2.45) is 4.99 Å². The van der Waals surface area contributed by atoms with Crippen molar-refractivity contribution in [2.75, 3.05) is 25.0 Å². The number of anilines is 1. The van der Waals surface area contributed by atoms with Crippen molar-refractivity contribution in [3.05, 3.63) is 30.3 Å². The van der Waals surface area contributed by atoms with Crippen molar-refractivity contribution in [1.82, 2.24) is 15.5 Å². The van der Waals surface area contributed by atoms with Crippen LogP contribution in [0.2, 0.25) is 0 Å². The fourth-order valence-corrected chi connectivity index (χ4v) is 4.07. The Bertz CT molecular complexity index is 624. The molecule has 1 aliphatic carbocycles. The van der Waals surface area contributed by atoms with Crippen LogP contribution in [0.3, 0.4) is 0 Å². The first-order chi connectivity index (χ1) is 12.3. The summed E-state index contributed by atoms with van der Waals surface area (Å²) < 4.78 is 0. The highest BCUT2D eigenvalue weighted by Crippen LogP contribution is 2.25. The number of aliphatic imine (C=N–C) groups is 1. The third-order valence-electron chi connectivity index (χ3n) is 5.45. The smallest absolute Gasteiger partial charge is 0.238 e. The van der Waals surface area contributed by atoms with Crippen molar-refractivity contribution in [3.63, 3.8) is 0 Å². The third-order valence-corrected chi connectivity index (χ3v) is 5.45. The molecule has 6 nitrogen and oxygen atoms in total. The fraction of sp³-hybridized carbons (Fsp3) is 0.579. The summed E-state index contributed by atoms with van der Waals surface area (Å²) in [5, 5.41) is 10.1. The fourth-order valence-electron chi connectivity index (χ4n) is 4.07. The summed E-state index contributed by atoms with van der Waals surface area (Å²) in [7, 11) is 0. The summed E-state index contributed by atoms with van der Waals surface area (Å²) in [6.45, 7) is 2.35. The van der Waals surface area contributed by atoms with Crippen LogP contribution in [-0.2, 0) is 4.79 Å². The molecule has 1 saturated heterocycles. The predicted octanol–water partition coefficient (Wildman–Crippen LogP) is 1.56. The van der Waals surface area contributed by atoms with E-state index in [0.29, 0.717) is 24.7 Å². The number of guanidine groups is 1. The molecule has 2 atom stereocenters. The molecule has 0 radical (unpaired) electrons. The van der Waals surface area contributed by atoms with Crippen LogP contribution in [0.15, 0.2) is 35.3 Å². The highest BCUT2D eigenvalue weighted by atomic mass is 16.2. The van der Waals surface area contributed by atoms with Gasteiger partial charge in [-0.3, -0.25) is 9.69 Å². The van der Waals surface area contributed by atoms with Crippen LogP contribution >= 0.6 is 0 Å². The maximum Gasteiger partial charge on any atom is 0.238 e. The van der Waals surface area contributed by atoms with E-state index in [1.807, 2.05) is 30.3 Å². The highest BCUT2D eigenvalue weighted by Gasteiger charge is 2.33. The average molecular weight is 341 g/mol. The van der Waals surface area contributed by atoms with Gasteiger partial charge in [0.1, 0.15) is 0 Å². The molecular formula is C19H27N5O. The van der Waals surface area contributed by atoms with Gasteiger partial charge in [-0.15, -0.1) is 0 Å². The largest absolute Gasteiger partial charge is 0.354 e. The first kappa shape index (κ1) is 16.4. The number of hydrogen-bond donors (Lipinski definition) is 3.